The van der Waals surface area contributed by atoms with Gasteiger partial charge in [0, 0.05) is 22.9 Å². The predicted molar refractivity (Wildman–Crippen MR) is 75.3 cm³/mol. The highest BCUT2D eigenvalue weighted by atomic mass is 16.4. The molecule has 19 heavy (non-hydrogen) atoms. The van der Waals surface area contributed by atoms with Gasteiger partial charge < -0.3 is 5.11 Å². The quantitative estimate of drug-likeness (QED) is 0.889. The molecule has 0 saturated heterocycles. The lowest BCUT2D eigenvalue weighted by atomic mass is 9.91. The Labute approximate surface area is 112 Å². The van der Waals surface area contributed by atoms with Gasteiger partial charge >= 0.3 is 5.97 Å². The van der Waals surface area contributed by atoms with Crippen LogP contribution in [0.15, 0.2) is 42.6 Å². The number of benzene rings is 1. The second-order valence-corrected chi connectivity index (χ2v) is 5.57. The highest BCUT2D eigenvalue weighted by molar-refractivity contribution is 5.89. The summed E-state index contributed by atoms with van der Waals surface area (Å²) in [4.78, 5) is 15.4. The maximum absolute atomic E-state index is 11.0. The number of nitrogens with zero attached hydrogens (tertiary/aromatic N) is 1. The van der Waals surface area contributed by atoms with E-state index in [1.54, 1.807) is 24.4 Å². The van der Waals surface area contributed by atoms with Gasteiger partial charge in [-0.3, -0.25) is 4.98 Å². The molecule has 1 N–H and O–H groups in total. The summed E-state index contributed by atoms with van der Waals surface area (Å²) in [5.74, 6) is -0.916. The van der Waals surface area contributed by atoms with Crippen LogP contribution in [0.1, 0.15) is 36.8 Å². The molecule has 1 aromatic carbocycles. The van der Waals surface area contributed by atoms with Crippen molar-refractivity contribution in [3.63, 3.8) is 0 Å². The first-order valence-corrected chi connectivity index (χ1v) is 6.18. The second kappa shape index (κ2) is 4.84. The SMILES string of the molecule is CC(C)(C)c1ccc(-c2cccc(C(=O)O)c2)cn1. The number of hydrogen-bond acceptors (Lipinski definition) is 2. The number of pyridine rings is 1. The molecule has 0 bridgehead atoms. The number of aromatic nitrogens is 1. The van der Waals surface area contributed by atoms with E-state index >= 15 is 0 Å². The van der Waals surface area contributed by atoms with Crippen LogP contribution in [0.4, 0.5) is 0 Å². The molecule has 1 aromatic heterocycles. The maximum atomic E-state index is 11.0. The Balaban J connectivity index is 2.37. The lowest BCUT2D eigenvalue weighted by Gasteiger charge is -2.17. The summed E-state index contributed by atoms with van der Waals surface area (Å²) in [6.45, 7) is 6.33. The van der Waals surface area contributed by atoms with Crippen LogP contribution in [-0.4, -0.2) is 16.1 Å². The molecule has 3 heteroatoms. The number of carboxylic acids is 1. The summed E-state index contributed by atoms with van der Waals surface area (Å²) in [5, 5.41) is 8.99. The molecule has 0 aliphatic heterocycles. The van der Waals surface area contributed by atoms with Crippen molar-refractivity contribution in [2.75, 3.05) is 0 Å². The predicted octanol–water partition coefficient (Wildman–Crippen LogP) is 3.74. The van der Waals surface area contributed by atoms with E-state index in [0.29, 0.717) is 0 Å². The van der Waals surface area contributed by atoms with Crippen LogP contribution in [0.3, 0.4) is 0 Å². The average Bonchev–Trinajstić information content (AvgIpc) is 2.38. The molecule has 2 aromatic rings. The van der Waals surface area contributed by atoms with Crippen molar-refractivity contribution in [2.45, 2.75) is 26.2 Å². The van der Waals surface area contributed by atoms with Gasteiger partial charge in [0.1, 0.15) is 0 Å². The minimum Gasteiger partial charge on any atom is -0.478 e. The fraction of sp³-hybridized carbons (Fsp3) is 0.250. The van der Waals surface area contributed by atoms with Crippen molar-refractivity contribution >= 4 is 5.97 Å². The van der Waals surface area contributed by atoms with E-state index in [4.69, 9.17) is 5.11 Å². The van der Waals surface area contributed by atoms with E-state index in [9.17, 15) is 4.79 Å². The molecule has 0 amide bonds. The number of hydrogen-bond donors (Lipinski definition) is 1. The van der Waals surface area contributed by atoms with Crippen molar-refractivity contribution in [3.05, 3.63) is 53.9 Å². The topological polar surface area (TPSA) is 50.2 Å². The Hall–Kier alpha value is -2.16. The third-order valence-electron chi connectivity index (χ3n) is 2.97. The van der Waals surface area contributed by atoms with Gasteiger partial charge in [-0.1, -0.05) is 39.0 Å². The third kappa shape index (κ3) is 2.99. The summed E-state index contributed by atoms with van der Waals surface area (Å²) in [6.07, 6.45) is 1.79. The summed E-state index contributed by atoms with van der Waals surface area (Å²) >= 11 is 0. The molecular weight excluding hydrogens is 238 g/mol. The highest BCUT2D eigenvalue weighted by Gasteiger charge is 2.15. The molecule has 1 heterocycles. The van der Waals surface area contributed by atoms with Gasteiger partial charge in [0.05, 0.1) is 5.56 Å². The Morgan fingerprint density at radius 1 is 1.11 bits per heavy atom. The molecule has 0 aliphatic rings. The van der Waals surface area contributed by atoms with Gasteiger partial charge in [-0.05, 0) is 23.8 Å². The standard InChI is InChI=1S/C16H17NO2/c1-16(2,3)14-8-7-13(10-17-14)11-5-4-6-12(9-11)15(18)19/h4-10H,1-3H3,(H,18,19). The van der Waals surface area contributed by atoms with E-state index in [1.807, 2.05) is 18.2 Å². The van der Waals surface area contributed by atoms with E-state index in [2.05, 4.69) is 25.8 Å². The van der Waals surface area contributed by atoms with Crippen LogP contribution in [0, 0.1) is 0 Å². The van der Waals surface area contributed by atoms with Gasteiger partial charge in [0.25, 0.3) is 0 Å². The van der Waals surface area contributed by atoms with Crippen LogP contribution in [0.5, 0.6) is 0 Å². The third-order valence-corrected chi connectivity index (χ3v) is 2.97. The minimum atomic E-state index is -0.916. The molecule has 3 nitrogen and oxygen atoms in total. The van der Waals surface area contributed by atoms with Gasteiger partial charge in [0.2, 0.25) is 0 Å². The minimum absolute atomic E-state index is 0.0153. The molecule has 0 saturated carbocycles. The molecule has 0 aliphatic carbocycles. The largest absolute Gasteiger partial charge is 0.478 e. The molecule has 0 fully saturated rings. The molecule has 0 spiro atoms. The van der Waals surface area contributed by atoms with Crippen LogP contribution in [0.2, 0.25) is 0 Å². The maximum Gasteiger partial charge on any atom is 0.335 e. The zero-order chi connectivity index (χ0) is 14.0. The van der Waals surface area contributed by atoms with Crippen LogP contribution < -0.4 is 0 Å². The molecule has 0 atom stereocenters. The molecular formula is C16H17NO2. The van der Waals surface area contributed by atoms with Gasteiger partial charge in [-0.2, -0.15) is 0 Å². The summed E-state index contributed by atoms with van der Waals surface area (Å²) in [7, 11) is 0. The van der Waals surface area contributed by atoms with Crippen LogP contribution in [0.25, 0.3) is 11.1 Å². The second-order valence-electron chi connectivity index (χ2n) is 5.57. The van der Waals surface area contributed by atoms with Crippen molar-refractivity contribution < 1.29 is 9.90 Å². The fourth-order valence-electron chi connectivity index (χ4n) is 1.84. The molecule has 0 unspecified atom stereocenters. The van der Waals surface area contributed by atoms with E-state index in [-0.39, 0.29) is 11.0 Å². The monoisotopic (exact) mass is 255 g/mol. The first-order chi connectivity index (χ1) is 8.88. The highest BCUT2D eigenvalue weighted by Crippen LogP contribution is 2.24. The first kappa shape index (κ1) is 13.3. The summed E-state index contributed by atoms with van der Waals surface area (Å²) in [6, 6.07) is 10.9. The van der Waals surface area contributed by atoms with Crippen molar-refractivity contribution in [1.29, 1.82) is 0 Å². The Morgan fingerprint density at radius 3 is 2.37 bits per heavy atom. The number of carbonyl (C=O) groups is 1. The van der Waals surface area contributed by atoms with Gasteiger partial charge in [-0.25, -0.2) is 4.79 Å². The molecule has 0 radical (unpaired) electrons. The normalized spacial score (nSPS) is 11.3. The zero-order valence-corrected chi connectivity index (χ0v) is 11.3. The van der Waals surface area contributed by atoms with E-state index in [0.717, 1.165) is 16.8 Å². The van der Waals surface area contributed by atoms with Crippen LogP contribution >= 0.6 is 0 Å². The van der Waals surface area contributed by atoms with Crippen molar-refractivity contribution in [2.24, 2.45) is 0 Å². The number of rotatable bonds is 2. The molecule has 2 rings (SSSR count). The zero-order valence-electron chi connectivity index (χ0n) is 11.3. The Kier molecular flexibility index (Phi) is 3.38. The number of aromatic carboxylic acids is 1. The fourth-order valence-corrected chi connectivity index (χ4v) is 1.84. The average molecular weight is 255 g/mol. The smallest absolute Gasteiger partial charge is 0.335 e. The lowest BCUT2D eigenvalue weighted by Crippen LogP contribution is -2.12. The summed E-state index contributed by atoms with van der Waals surface area (Å²) < 4.78 is 0. The van der Waals surface area contributed by atoms with E-state index in [1.165, 1.54) is 0 Å². The van der Waals surface area contributed by atoms with Gasteiger partial charge in [-0.15, -0.1) is 0 Å². The van der Waals surface area contributed by atoms with E-state index < -0.39 is 5.97 Å². The van der Waals surface area contributed by atoms with Crippen molar-refractivity contribution in [1.82, 2.24) is 4.98 Å². The van der Waals surface area contributed by atoms with Crippen molar-refractivity contribution in [3.8, 4) is 11.1 Å². The number of carboxylic acid groups (broad SMARTS) is 1. The first-order valence-electron chi connectivity index (χ1n) is 6.18. The lowest BCUT2D eigenvalue weighted by molar-refractivity contribution is 0.0697. The summed E-state index contributed by atoms with van der Waals surface area (Å²) in [5.41, 5.74) is 3.12. The van der Waals surface area contributed by atoms with Gasteiger partial charge in [0.15, 0.2) is 0 Å². The Morgan fingerprint density at radius 2 is 1.84 bits per heavy atom. The Bertz CT molecular complexity index is 595. The van der Waals surface area contributed by atoms with Crippen LogP contribution in [-0.2, 0) is 5.41 Å². The molecule has 98 valence electrons.